The van der Waals surface area contributed by atoms with Crippen molar-refractivity contribution in [2.75, 3.05) is 6.61 Å². The third kappa shape index (κ3) is 6.25. The highest BCUT2D eigenvalue weighted by Crippen LogP contribution is 2.43. The van der Waals surface area contributed by atoms with E-state index in [9.17, 15) is 27.6 Å². The summed E-state index contributed by atoms with van der Waals surface area (Å²) in [4.78, 5) is 37.3. The SMILES string of the molecule is O=C(/C=C/C1[C@H]2CC(=O)O[C@H]2C[C@H]1OC(=O)c1ccc(-c2ccccc2)cc1)COc1cccc(C(F)(F)F)c1. The summed E-state index contributed by atoms with van der Waals surface area (Å²) in [5, 5.41) is 0. The fraction of sp³-hybridized carbons (Fsp3) is 0.258. The van der Waals surface area contributed by atoms with Crippen molar-refractivity contribution in [2.45, 2.75) is 31.2 Å². The molecule has 0 N–H and O–H groups in total. The van der Waals surface area contributed by atoms with Gasteiger partial charge in [0, 0.05) is 18.3 Å². The van der Waals surface area contributed by atoms with Gasteiger partial charge in [-0.15, -0.1) is 0 Å². The minimum atomic E-state index is -4.53. The summed E-state index contributed by atoms with van der Waals surface area (Å²) >= 11 is 0. The van der Waals surface area contributed by atoms with Gasteiger partial charge < -0.3 is 14.2 Å². The molecule has 1 saturated heterocycles. The Bertz CT molecular complexity index is 1410. The van der Waals surface area contributed by atoms with Crippen LogP contribution in [0.5, 0.6) is 5.75 Å². The van der Waals surface area contributed by atoms with Gasteiger partial charge in [-0.1, -0.05) is 54.6 Å². The van der Waals surface area contributed by atoms with E-state index in [0.29, 0.717) is 12.0 Å². The third-order valence-electron chi connectivity index (χ3n) is 7.08. The highest BCUT2D eigenvalue weighted by molar-refractivity contribution is 5.91. The van der Waals surface area contributed by atoms with Crippen LogP contribution in [0.25, 0.3) is 11.1 Å². The third-order valence-corrected chi connectivity index (χ3v) is 7.08. The van der Waals surface area contributed by atoms with Crippen molar-refractivity contribution in [3.8, 4) is 16.9 Å². The van der Waals surface area contributed by atoms with Crippen LogP contribution in [-0.4, -0.2) is 36.5 Å². The molecule has 1 saturated carbocycles. The Kier molecular flexibility index (Phi) is 7.73. The Hall–Kier alpha value is -4.40. The highest BCUT2D eigenvalue weighted by Gasteiger charge is 2.50. The molecule has 1 heterocycles. The van der Waals surface area contributed by atoms with Gasteiger partial charge in [-0.3, -0.25) is 9.59 Å². The lowest BCUT2D eigenvalue weighted by Crippen LogP contribution is -2.25. The lowest BCUT2D eigenvalue weighted by Gasteiger charge is -2.20. The topological polar surface area (TPSA) is 78.9 Å². The summed E-state index contributed by atoms with van der Waals surface area (Å²) in [5.74, 6) is -2.19. The molecule has 2 fully saturated rings. The molecular weight excluding hydrogens is 525 g/mol. The Labute approximate surface area is 228 Å². The molecule has 0 aromatic heterocycles. The molecule has 9 heteroatoms. The molecule has 40 heavy (non-hydrogen) atoms. The summed E-state index contributed by atoms with van der Waals surface area (Å²) in [6, 6.07) is 21.0. The number of carbonyl (C=O) groups is 3. The predicted molar refractivity (Wildman–Crippen MR) is 138 cm³/mol. The lowest BCUT2D eigenvalue weighted by atomic mass is 9.91. The molecule has 1 aliphatic heterocycles. The first-order valence-electron chi connectivity index (χ1n) is 12.7. The maximum Gasteiger partial charge on any atom is 0.416 e. The standard InChI is InChI=1S/C31H25F3O6/c32-31(33,34)22-7-4-8-24(15-22)38-18-23(35)13-14-25-26-16-29(36)39-28(26)17-27(25)40-30(37)21-11-9-20(10-12-21)19-5-2-1-3-6-19/h1-15,25-28H,16-18H2/b14-13+/t25?,26-,27-,28+/m1/s1. The van der Waals surface area contributed by atoms with Crippen molar-refractivity contribution in [3.63, 3.8) is 0 Å². The Morgan fingerprint density at radius 3 is 2.40 bits per heavy atom. The van der Waals surface area contributed by atoms with E-state index in [4.69, 9.17) is 14.2 Å². The molecule has 5 rings (SSSR count). The van der Waals surface area contributed by atoms with E-state index in [1.54, 1.807) is 18.2 Å². The van der Waals surface area contributed by atoms with Gasteiger partial charge >= 0.3 is 18.1 Å². The van der Waals surface area contributed by atoms with Gasteiger partial charge in [-0.25, -0.2) is 4.79 Å². The largest absolute Gasteiger partial charge is 0.485 e. The van der Waals surface area contributed by atoms with Gasteiger partial charge in [-0.05, 0) is 47.5 Å². The Morgan fingerprint density at radius 2 is 1.68 bits per heavy atom. The van der Waals surface area contributed by atoms with Gasteiger partial charge in [0.15, 0.2) is 12.4 Å². The fourth-order valence-electron chi connectivity index (χ4n) is 5.11. The molecule has 206 valence electrons. The molecule has 1 aliphatic carbocycles. The van der Waals surface area contributed by atoms with Gasteiger partial charge in [-0.2, -0.15) is 13.2 Å². The van der Waals surface area contributed by atoms with Crippen LogP contribution in [-0.2, 0) is 25.2 Å². The van der Waals surface area contributed by atoms with Crippen molar-refractivity contribution < 1.29 is 41.8 Å². The summed E-state index contributed by atoms with van der Waals surface area (Å²) < 4.78 is 55.2. The van der Waals surface area contributed by atoms with Crippen LogP contribution in [0.15, 0.2) is 91.0 Å². The molecule has 3 aromatic rings. The molecule has 0 spiro atoms. The lowest BCUT2D eigenvalue weighted by molar-refractivity contribution is -0.142. The summed E-state index contributed by atoms with van der Waals surface area (Å²) in [5.41, 5.74) is 1.45. The quantitative estimate of drug-likeness (QED) is 0.251. The van der Waals surface area contributed by atoms with E-state index in [0.717, 1.165) is 23.3 Å². The van der Waals surface area contributed by atoms with E-state index < -0.39 is 48.2 Å². The van der Waals surface area contributed by atoms with Crippen molar-refractivity contribution in [1.82, 2.24) is 0 Å². The number of carbonyl (C=O) groups excluding carboxylic acids is 3. The second kappa shape index (κ2) is 11.4. The molecule has 6 nitrogen and oxygen atoms in total. The van der Waals surface area contributed by atoms with Crippen molar-refractivity contribution in [3.05, 3.63) is 102 Å². The van der Waals surface area contributed by atoms with E-state index in [1.807, 2.05) is 42.5 Å². The van der Waals surface area contributed by atoms with Crippen molar-refractivity contribution >= 4 is 17.7 Å². The second-order valence-electron chi connectivity index (χ2n) is 9.74. The molecule has 0 bridgehead atoms. The molecule has 2 aliphatic rings. The normalized spacial score (nSPS) is 22.1. The van der Waals surface area contributed by atoms with E-state index in [2.05, 4.69) is 0 Å². The summed E-state index contributed by atoms with van der Waals surface area (Å²) in [6.45, 7) is -0.480. The van der Waals surface area contributed by atoms with Crippen molar-refractivity contribution in [1.29, 1.82) is 0 Å². The summed E-state index contributed by atoms with van der Waals surface area (Å²) in [6.07, 6.45) is -2.34. The fourth-order valence-corrected chi connectivity index (χ4v) is 5.11. The van der Waals surface area contributed by atoms with Crippen LogP contribution in [0.2, 0.25) is 0 Å². The first-order chi connectivity index (χ1) is 19.2. The minimum absolute atomic E-state index is 0.0858. The van der Waals surface area contributed by atoms with Gasteiger partial charge in [0.1, 0.15) is 18.0 Å². The smallest absolute Gasteiger partial charge is 0.416 e. The Balaban J connectivity index is 1.23. The number of fused-ring (bicyclic) bond motifs is 1. The number of halogens is 3. The first kappa shape index (κ1) is 27.2. The van der Waals surface area contributed by atoms with Crippen LogP contribution < -0.4 is 4.74 Å². The molecular formula is C31H25F3O6. The molecule has 4 atom stereocenters. The van der Waals surface area contributed by atoms with E-state index in [-0.39, 0.29) is 24.1 Å². The zero-order valence-electron chi connectivity index (χ0n) is 21.2. The molecule has 1 unspecified atom stereocenters. The minimum Gasteiger partial charge on any atom is -0.485 e. The maximum atomic E-state index is 13.0. The number of esters is 2. The van der Waals surface area contributed by atoms with Gasteiger partial charge in [0.05, 0.1) is 17.5 Å². The Morgan fingerprint density at radius 1 is 0.950 bits per heavy atom. The average molecular weight is 551 g/mol. The molecule has 3 aromatic carbocycles. The number of alkyl halides is 3. The highest BCUT2D eigenvalue weighted by atomic mass is 19.4. The van der Waals surface area contributed by atoms with Crippen LogP contribution in [0.4, 0.5) is 13.2 Å². The van der Waals surface area contributed by atoms with Crippen LogP contribution in [0, 0.1) is 11.8 Å². The molecule has 0 radical (unpaired) electrons. The molecule has 0 amide bonds. The van der Waals surface area contributed by atoms with Crippen LogP contribution >= 0.6 is 0 Å². The first-order valence-corrected chi connectivity index (χ1v) is 12.7. The number of benzene rings is 3. The zero-order valence-corrected chi connectivity index (χ0v) is 21.2. The average Bonchev–Trinajstić information content (AvgIpc) is 3.46. The second-order valence-corrected chi connectivity index (χ2v) is 9.74. The van der Waals surface area contributed by atoms with Crippen molar-refractivity contribution in [2.24, 2.45) is 11.8 Å². The number of ketones is 1. The zero-order chi connectivity index (χ0) is 28.3. The van der Waals surface area contributed by atoms with E-state index in [1.165, 1.54) is 18.2 Å². The summed E-state index contributed by atoms with van der Waals surface area (Å²) in [7, 11) is 0. The van der Waals surface area contributed by atoms with Gasteiger partial charge in [0.25, 0.3) is 0 Å². The van der Waals surface area contributed by atoms with E-state index >= 15 is 0 Å². The maximum absolute atomic E-state index is 13.0. The monoisotopic (exact) mass is 550 g/mol. The van der Waals surface area contributed by atoms with Crippen LogP contribution in [0.3, 0.4) is 0 Å². The van der Waals surface area contributed by atoms with Gasteiger partial charge in [0.2, 0.25) is 0 Å². The number of ether oxygens (including phenoxy) is 3. The predicted octanol–water partition coefficient (Wildman–Crippen LogP) is 6.05. The number of hydrogen-bond acceptors (Lipinski definition) is 6. The number of rotatable bonds is 8. The van der Waals surface area contributed by atoms with Crippen LogP contribution in [0.1, 0.15) is 28.8 Å². The number of hydrogen-bond donors (Lipinski definition) is 0.